The van der Waals surface area contributed by atoms with Gasteiger partial charge in [-0.1, -0.05) is 47.8 Å². The molecule has 1 N–H and O–H groups in total. The molecule has 0 bridgehead atoms. The van der Waals surface area contributed by atoms with Gasteiger partial charge >= 0.3 is 0 Å². The topological polar surface area (TPSA) is 55.9 Å². The fourth-order valence-corrected chi connectivity index (χ4v) is 2.09. The molecule has 3 aromatic rings. The van der Waals surface area contributed by atoms with E-state index in [0.717, 1.165) is 11.3 Å². The van der Waals surface area contributed by atoms with Gasteiger partial charge < -0.3 is 9.67 Å². The highest BCUT2D eigenvalue weighted by Crippen LogP contribution is 2.15. The highest BCUT2D eigenvalue weighted by molar-refractivity contribution is 7.71. The lowest BCUT2D eigenvalue weighted by Gasteiger charge is -2.06. The van der Waals surface area contributed by atoms with Crippen LogP contribution in [0.5, 0.6) is 5.75 Å². The lowest BCUT2D eigenvalue weighted by atomic mass is 10.2. The zero-order valence-electron chi connectivity index (χ0n) is 10.5. The van der Waals surface area contributed by atoms with Gasteiger partial charge in [-0.2, -0.15) is 0 Å². The van der Waals surface area contributed by atoms with Gasteiger partial charge in [0.05, 0.1) is 6.20 Å². The standard InChI is InChI=1S/C14H12N4OS/c19-13-7-4-8-17(14(13)20)10-18-9-12(15-16-18)11-5-2-1-3-6-11/h1-9,19H,10H2. The van der Waals surface area contributed by atoms with Crippen LogP contribution in [0.1, 0.15) is 0 Å². The molecule has 3 rings (SSSR count). The van der Waals surface area contributed by atoms with Crippen LogP contribution < -0.4 is 0 Å². The van der Waals surface area contributed by atoms with Crippen LogP contribution in [0.15, 0.2) is 54.9 Å². The Balaban J connectivity index is 1.88. The highest BCUT2D eigenvalue weighted by Gasteiger charge is 2.04. The van der Waals surface area contributed by atoms with Crippen LogP contribution in [0.2, 0.25) is 0 Å². The predicted molar refractivity (Wildman–Crippen MR) is 77.8 cm³/mol. The van der Waals surface area contributed by atoms with Gasteiger partial charge in [-0.25, -0.2) is 4.68 Å². The van der Waals surface area contributed by atoms with Gasteiger partial charge in [-0.15, -0.1) is 5.10 Å². The number of aromatic hydroxyl groups is 1. The second kappa shape index (κ2) is 5.26. The SMILES string of the molecule is Oc1cccn(Cn2cc(-c3ccccc3)nn2)c1=S. The molecule has 0 aliphatic carbocycles. The smallest absolute Gasteiger partial charge is 0.150 e. The lowest BCUT2D eigenvalue weighted by Crippen LogP contribution is -2.09. The number of hydrogen-bond donors (Lipinski definition) is 1. The van der Waals surface area contributed by atoms with Gasteiger partial charge in [0, 0.05) is 11.8 Å². The predicted octanol–water partition coefficient (Wildman–Crippen LogP) is 2.69. The first-order chi connectivity index (χ1) is 9.74. The Morgan fingerprint density at radius 2 is 1.90 bits per heavy atom. The molecule has 1 aromatic carbocycles. The summed E-state index contributed by atoms with van der Waals surface area (Å²) in [6.07, 6.45) is 3.65. The van der Waals surface area contributed by atoms with Crippen molar-refractivity contribution in [3.63, 3.8) is 0 Å². The van der Waals surface area contributed by atoms with Crippen LogP contribution in [0, 0.1) is 4.64 Å². The van der Waals surface area contributed by atoms with Crippen molar-refractivity contribution in [2.75, 3.05) is 0 Å². The molecule has 2 aromatic heterocycles. The zero-order valence-corrected chi connectivity index (χ0v) is 11.4. The first-order valence-corrected chi connectivity index (χ1v) is 6.49. The van der Waals surface area contributed by atoms with Crippen molar-refractivity contribution in [2.45, 2.75) is 6.67 Å². The Kier molecular flexibility index (Phi) is 3.30. The van der Waals surface area contributed by atoms with Crippen molar-refractivity contribution in [1.82, 2.24) is 19.6 Å². The van der Waals surface area contributed by atoms with Crippen molar-refractivity contribution in [1.29, 1.82) is 0 Å². The number of nitrogens with zero attached hydrogens (tertiary/aromatic N) is 4. The van der Waals surface area contributed by atoms with E-state index in [9.17, 15) is 5.11 Å². The third-order valence-electron chi connectivity index (χ3n) is 2.91. The highest BCUT2D eigenvalue weighted by atomic mass is 32.1. The third kappa shape index (κ3) is 2.46. The van der Waals surface area contributed by atoms with E-state index in [1.165, 1.54) is 0 Å². The first-order valence-electron chi connectivity index (χ1n) is 6.08. The lowest BCUT2D eigenvalue weighted by molar-refractivity contribution is 0.452. The van der Waals surface area contributed by atoms with Crippen LogP contribution in [0.3, 0.4) is 0 Å². The largest absolute Gasteiger partial charge is 0.505 e. The van der Waals surface area contributed by atoms with E-state index in [2.05, 4.69) is 10.3 Å². The zero-order chi connectivity index (χ0) is 13.9. The van der Waals surface area contributed by atoms with Crippen LogP contribution in [0.4, 0.5) is 0 Å². The van der Waals surface area contributed by atoms with Crippen molar-refractivity contribution in [3.8, 4) is 17.0 Å². The molecule has 0 unspecified atom stereocenters. The first kappa shape index (κ1) is 12.6. The third-order valence-corrected chi connectivity index (χ3v) is 3.35. The van der Waals surface area contributed by atoms with Crippen molar-refractivity contribution in [3.05, 3.63) is 59.5 Å². The van der Waals surface area contributed by atoms with Crippen LogP contribution in [-0.2, 0) is 6.67 Å². The Labute approximate surface area is 120 Å². The number of benzene rings is 1. The van der Waals surface area contributed by atoms with Crippen LogP contribution in [0.25, 0.3) is 11.3 Å². The Hall–Kier alpha value is -2.47. The van der Waals surface area contributed by atoms with Gasteiger partial charge in [0.2, 0.25) is 0 Å². The minimum atomic E-state index is 0.0888. The maximum atomic E-state index is 9.59. The molecule has 0 aliphatic rings. The average Bonchev–Trinajstić information content (AvgIpc) is 2.93. The molecule has 20 heavy (non-hydrogen) atoms. The van der Waals surface area contributed by atoms with E-state index in [0.29, 0.717) is 11.3 Å². The monoisotopic (exact) mass is 284 g/mol. The van der Waals surface area contributed by atoms with Gasteiger partial charge in [-0.05, 0) is 12.1 Å². The van der Waals surface area contributed by atoms with Crippen molar-refractivity contribution in [2.24, 2.45) is 0 Å². The van der Waals surface area contributed by atoms with E-state index in [1.54, 1.807) is 27.6 Å². The fraction of sp³-hybridized carbons (Fsp3) is 0.0714. The van der Waals surface area contributed by atoms with E-state index < -0.39 is 0 Å². The summed E-state index contributed by atoms with van der Waals surface area (Å²) in [6.45, 7) is 0.410. The molecule has 0 saturated carbocycles. The molecule has 100 valence electrons. The Morgan fingerprint density at radius 1 is 1.10 bits per heavy atom. The number of pyridine rings is 1. The molecule has 0 radical (unpaired) electrons. The van der Waals surface area contributed by atoms with E-state index in [-0.39, 0.29) is 5.75 Å². The molecule has 0 aliphatic heterocycles. The molecule has 2 heterocycles. The summed E-state index contributed by atoms with van der Waals surface area (Å²) in [6, 6.07) is 13.1. The maximum absolute atomic E-state index is 9.59. The molecule has 0 amide bonds. The van der Waals surface area contributed by atoms with E-state index in [1.807, 2.05) is 36.5 Å². The summed E-state index contributed by atoms with van der Waals surface area (Å²) in [5.41, 5.74) is 1.82. The van der Waals surface area contributed by atoms with Crippen LogP contribution >= 0.6 is 12.2 Å². The normalized spacial score (nSPS) is 10.6. The number of aromatic nitrogens is 4. The molecule has 0 spiro atoms. The Morgan fingerprint density at radius 3 is 2.70 bits per heavy atom. The minimum Gasteiger partial charge on any atom is -0.505 e. The maximum Gasteiger partial charge on any atom is 0.150 e. The molecular weight excluding hydrogens is 272 g/mol. The van der Waals surface area contributed by atoms with Gasteiger partial charge in [0.15, 0.2) is 5.75 Å². The number of rotatable bonds is 3. The number of hydrogen-bond acceptors (Lipinski definition) is 4. The summed E-state index contributed by atoms with van der Waals surface area (Å²) < 4.78 is 3.79. The Bertz CT molecular complexity index is 779. The quantitative estimate of drug-likeness (QED) is 0.751. The van der Waals surface area contributed by atoms with E-state index in [4.69, 9.17) is 12.2 Å². The fourth-order valence-electron chi connectivity index (χ4n) is 1.90. The molecule has 0 fully saturated rings. The summed E-state index contributed by atoms with van der Waals surface area (Å²) in [4.78, 5) is 0. The molecule has 6 heteroatoms. The molecule has 0 atom stereocenters. The summed E-state index contributed by atoms with van der Waals surface area (Å²) in [5, 5.41) is 17.8. The van der Waals surface area contributed by atoms with Gasteiger partial charge in [0.1, 0.15) is 17.0 Å². The van der Waals surface area contributed by atoms with Crippen LogP contribution in [-0.4, -0.2) is 24.7 Å². The molecular formula is C14H12N4OS. The molecule has 0 saturated heterocycles. The van der Waals surface area contributed by atoms with Gasteiger partial charge in [0.25, 0.3) is 0 Å². The summed E-state index contributed by atoms with van der Waals surface area (Å²) in [7, 11) is 0. The van der Waals surface area contributed by atoms with E-state index >= 15 is 0 Å². The summed E-state index contributed by atoms with van der Waals surface area (Å²) >= 11 is 5.14. The molecule has 5 nitrogen and oxygen atoms in total. The summed E-state index contributed by atoms with van der Waals surface area (Å²) in [5.74, 6) is 0.0888. The van der Waals surface area contributed by atoms with Crippen molar-refractivity contribution >= 4 is 12.2 Å². The second-order valence-corrected chi connectivity index (χ2v) is 4.71. The average molecular weight is 284 g/mol. The minimum absolute atomic E-state index is 0.0888. The second-order valence-electron chi connectivity index (χ2n) is 4.32. The van der Waals surface area contributed by atoms with Crippen molar-refractivity contribution < 1.29 is 5.11 Å². The van der Waals surface area contributed by atoms with Gasteiger partial charge in [-0.3, -0.25) is 0 Å².